The second-order valence-corrected chi connectivity index (χ2v) is 4.52. The fraction of sp³-hybridized carbons (Fsp3) is 0.167. The van der Waals surface area contributed by atoms with Crippen LogP contribution in [0.5, 0.6) is 0 Å². The van der Waals surface area contributed by atoms with E-state index in [0.717, 1.165) is 15.8 Å². The molecule has 0 aliphatic rings. The molecule has 0 saturated heterocycles. The van der Waals surface area contributed by atoms with Gasteiger partial charge in [0.25, 0.3) is 0 Å². The molecule has 1 aromatic heterocycles. The zero-order valence-corrected chi connectivity index (χ0v) is 10.2. The molecule has 0 radical (unpaired) electrons. The van der Waals surface area contributed by atoms with Crippen LogP contribution < -0.4 is 5.73 Å². The molecule has 2 N–H and O–H groups in total. The minimum Gasteiger partial charge on any atom is -0.469 e. The van der Waals surface area contributed by atoms with Crippen LogP contribution in [-0.4, -0.2) is 18.1 Å². The molecule has 2 aromatic rings. The number of aromatic nitrogens is 1. The molecule has 2 rings (SSSR count). The van der Waals surface area contributed by atoms with E-state index in [9.17, 15) is 4.79 Å². The summed E-state index contributed by atoms with van der Waals surface area (Å²) in [5.74, 6) is -0.250. The van der Waals surface area contributed by atoms with E-state index >= 15 is 0 Å². The number of hydrogen-bond donors (Lipinski definition) is 1. The Morgan fingerprint density at radius 3 is 3.18 bits per heavy atom. The van der Waals surface area contributed by atoms with Crippen LogP contribution in [-0.2, 0) is 9.53 Å². The van der Waals surface area contributed by atoms with Gasteiger partial charge in [0, 0.05) is 0 Å². The summed E-state index contributed by atoms with van der Waals surface area (Å²) in [6, 6.07) is 5.88. The predicted molar refractivity (Wildman–Crippen MR) is 69.7 cm³/mol. The van der Waals surface area contributed by atoms with E-state index in [1.807, 2.05) is 24.3 Å². The second kappa shape index (κ2) is 4.97. The lowest BCUT2D eigenvalue weighted by Crippen LogP contribution is -1.96. The SMILES string of the molecule is COC(=O)CC=Cc1ccc2sc(N)nc2c1. The number of fused-ring (bicyclic) bond motifs is 1. The lowest BCUT2D eigenvalue weighted by atomic mass is 10.2. The Balaban J connectivity index is 2.16. The molecule has 17 heavy (non-hydrogen) atoms. The van der Waals surface area contributed by atoms with Gasteiger partial charge < -0.3 is 10.5 Å². The van der Waals surface area contributed by atoms with Crippen LogP contribution in [0.1, 0.15) is 12.0 Å². The maximum Gasteiger partial charge on any atom is 0.309 e. The molecule has 88 valence electrons. The molecule has 0 aliphatic carbocycles. The standard InChI is InChI=1S/C12H12N2O2S/c1-16-11(15)4-2-3-8-5-6-10-9(7-8)14-12(13)17-10/h2-3,5-7H,4H2,1H3,(H2,13,14). The van der Waals surface area contributed by atoms with E-state index in [0.29, 0.717) is 5.13 Å². The zero-order chi connectivity index (χ0) is 12.3. The third kappa shape index (κ3) is 2.82. The average molecular weight is 248 g/mol. The number of methoxy groups -OCH3 is 1. The van der Waals surface area contributed by atoms with Gasteiger partial charge >= 0.3 is 5.97 Å². The number of thiazole rings is 1. The maximum absolute atomic E-state index is 10.9. The largest absolute Gasteiger partial charge is 0.469 e. The van der Waals surface area contributed by atoms with E-state index < -0.39 is 0 Å². The Bertz CT molecular complexity index is 575. The number of esters is 1. The first kappa shape index (κ1) is 11.6. The summed E-state index contributed by atoms with van der Waals surface area (Å²) < 4.78 is 5.61. The fourth-order valence-corrected chi connectivity index (χ4v) is 2.16. The molecule has 0 fully saturated rings. The highest BCUT2D eigenvalue weighted by atomic mass is 32.1. The van der Waals surface area contributed by atoms with Crippen molar-refractivity contribution in [2.24, 2.45) is 0 Å². The number of rotatable bonds is 3. The van der Waals surface area contributed by atoms with Gasteiger partial charge in [0.2, 0.25) is 0 Å². The number of ether oxygens (including phenoxy) is 1. The molecular weight excluding hydrogens is 236 g/mol. The number of carbonyl (C=O) groups is 1. The number of nitrogens with two attached hydrogens (primary N) is 1. The van der Waals surface area contributed by atoms with Gasteiger partial charge in [0.1, 0.15) is 0 Å². The van der Waals surface area contributed by atoms with Crippen molar-refractivity contribution in [2.45, 2.75) is 6.42 Å². The van der Waals surface area contributed by atoms with E-state index in [-0.39, 0.29) is 12.4 Å². The molecule has 5 heteroatoms. The molecule has 1 heterocycles. The van der Waals surface area contributed by atoms with Crippen molar-refractivity contribution in [3.05, 3.63) is 29.8 Å². The molecule has 0 bridgehead atoms. The van der Waals surface area contributed by atoms with Crippen LogP contribution in [0.25, 0.3) is 16.3 Å². The van der Waals surface area contributed by atoms with Gasteiger partial charge in [-0.1, -0.05) is 29.6 Å². The Kier molecular flexibility index (Phi) is 3.39. The molecule has 1 aromatic carbocycles. The summed E-state index contributed by atoms with van der Waals surface area (Å²) in [5, 5.41) is 0.565. The Labute approximate surface area is 103 Å². The molecule has 0 unspecified atom stereocenters. The van der Waals surface area contributed by atoms with Crippen molar-refractivity contribution in [1.82, 2.24) is 4.98 Å². The highest BCUT2D eigenvalue weighted by molar-refractivity contribution is 7.22. The second-order valence-electron chi connectivity index (χ2n) is 3.46. The van der Waals surface area contributed by atoms with Gasteiger partial charge in [0.05, 0.1) is 23.7 Å². The van der Waals surface area contributed by atoms with Crippen LogP contribution in [0.2, 0.25) is 0 Å². The summed E-state index contributed by atoms with van der Waals surface area (Å²) in [4.78, 5) is 15.1. The minimum atomic E-state index is -0.250. The third-order valence-electron chi connectivity index (χ3n) is 2.25. The lowest BCUT2D eigenvalue weighted by molar-refractivity contribution is -0.139. The number of nitrogen functional groups attached to an aromatic ring is 1. The third-order valence-corrected chi connectivity index (χ3v) is 3.12. The lowest BCUT2D eigenvalue weighted by Gasteiger charge is -1.94. The molecule has 0 amide bonds. The van der Waals surface area contributed by atoms with Crippen molar-refractivity contribution in [3.63, 3.8) is 0 Å². The van der Waals surface area contributed by atoms with Crippen LogP contribution in [0, 0.1) is 0 Å². The quantitative estimate of drug-likeness (QED) is 0.847. The molecule has 0 spiro atoms. The van der Waals surface area contributed by atoms with Gasteiger partial charge in [-0.2, -0.15) is 0 Å². The van der Waals surface area contributed by atoms with Crippen LogP contribution in [0.15, 0.2) is 24.3 Å². The topological polar surface area (TPSA) is 65.2 Å². The van der Waals surface area contributed by atoms with Crippen molar-refractivity contribution in [1.29, 1.82) is 0 Å². The smallest absolute Gasteiger partial charge is 0.309 e. The fourth-order valence-electron chi connectivity index (χ4n) is 1.44. The average Bonchev–Trinajstić information content (AvgIpc) is 2.68. The number of carbonyl (C=O) groups excluding carboxylic acids is 1. The van der Waals surface area contributed by atoms with Crippen LogP contribution in [0.4, 0.5) is 5.13 Å². The summed E-state index contributed by atoms with van der Waals surface area (Å²) in [6.45, 7) is 0. The highest BCUT2D eigenvalue weighted by Gasteiger charge is 2.00. The van der Waals surface area contributed by atoms with Crippen molar-refractivity contribution in [3.8, 4) is 0 Å². The van der Waals surface area contributed by atoms with E-state index in [4.69, 9.17) is 5.73 Å². The summed E-state index contributed by atoms with van der Waals surface area (Å²) >= 11 is 1.46. The molecular formula is C12H12N2O2S. The van der Waals surface area contributed by atoms with Gasteiger partial charge in [-0.15, -0.1) is 0 Å². The van der Waals surface area contributed by atoms with Crippen molar-refractivity contribution >= 4 is 38.7 Å². The summed E-state index contributed by atoms with van der Waals surface area (Å²) in [5.41, 5.74) is 7.50. The summed E-state index contributed by atoms with van der Waals surface area (Å²) in [7, 11) is 1.38. The van der Waals surface area contributed by atoms with Crippen LogP contribution >= 0.6 is 11.3 Å². The van der Waals surface area contributed by atoms with E-state index in [2.05, 4.69) is 9.72 Å². The van der Waals surface area contributed by atoms with E-state index in [1.54, 1.807) is 6.08 Å². The van der Waals surface area contributed by atoms with Gasteiger partial charge in [-0.05, 0) is 17.7 Å². The van der Waals surface area contributed by atoms with Gasteiger partial charge in [0.15, 0.2) is 5.13 Å². The number of nitrogens with zero attached hydrogens (tertiary/aromatic N) is 1. The van der Waals surface area contributed by atoms with Crippen molar-refractivity contribution < 1.29 is 9.53 Å². The zero-order valence-electron chi connectivity index (χ0n) is 9.34. The minimum absolute atomic E-state index is 0.250. The Hall–Kier alpha value is -1.88. The number of anilines is 1. The number of benzene rings is 1. The highest BCUT2D eigenvalue weighted by Crippen LogP contribution is 2.24. The molecule has 0 atom stereocenters. The maximum atomic E-state index is 10.9. The Morgan fingerprint density at radius 1 is 1.59 bits per heavy atom. The van der Waals surface area contributed by atoms with Gasteiger partial charge in [-0.25, -0.2) is 4.98 Å². The Morgan fingerprint density at radius 2 is 2.41 bits per heavy atom. The number of hydrogen-bond acceptors (Lipinski definition) is 5. The predicted octanol–water partition coefficient (Wildman–Crippen LogP) is 2.45. The summed E-state index contributed by atoms with van der Waals surface area (Å²) in [6.07, 6.45) is 3.91. The normalized spacial score (nSPS) is 11.1. The molecule has 0 aliphatic heterocycles. The van der Waals surface area contributed by atoms with Crippen LogP contribution in [0.3, 0.4) is 0 Å². The van der Waals surface area contributed by atoms with Gasteiger partial charge in [-0.3, -0.25) is 4.79 Å². The molecule has 0 saturated carbocycles. The monoisotopic (exact) mass is 248 g/mol. The van der Waals surface area contributed by atoms with Crippen molar-refractivity contribution in [2.75, 3.05) is 12.8 Å². The van der Waals surface area contributed by atoms with E-state index in [1.165, 1.54) is 18.4 Å². The first-order valence-electron chi connectivity index (χ1n) is 5.08. The first-order valence-corrected chi connectivity index (χ1v) is 5.90. The molecule has 4 nitrogen and oxygen atoms in total. The first-order chi connectivity index (χ1) is 8.19.